The summed E-state index contributed by atoms with van der Waals surface area (Å²) in [5.74, 6) is -0.855. The van der Waals surface area contributed by atoms with Crippen LogP contribution in [0.2, 0.25) is 0 Å². The summed E-state index contributed by atoms with van der Waals surface area (Å²) in [7, 11) is 1.22. The Kier molecular flexibility index (Phi) is 4.42. The monoisotopic (exact) mass is 379 g/mol. The van der Waals surface area contributed by atoms with E-state index < -0.39 is 5.97 Å². The van der Waals surface area contributed by atoms with E-state index in [4.69, 9.17) is 4.74 Å². The molecule has 1 aliphatic heterocycles. The van der Waals surface area contributed by atoms with Crippen LogP contribution in [0.25, 0.3) is 0 Å². The molecule has 0 fully saturated rings. The molecule has 0 radical (unpaired) electrons. The van der Waals surface area contributed by atoms with Crippen LogP contribution in [0.3, 0.4) is 0 Å². The first-order valence-electron chi connectivity index (χ1n) is 8.69. The molecular formula is C20H17N3O3S. The fourth-order valence-electron chi connectivity index (χ4n) is 3.55. The van der Waals surface area contributed by atoms with Crippen molar-refractivity contribution in [1.82, 2.24) is 0 Å². The fraction of sp³-hybridized carbons (Fsp3) is 0.250. The molecule has 6 nitrogen and oxygen atoms in total. The molecule has 1 aromatic heterocycles. The van der Waals surface area contributed by atoms with Gasteiger partial charge in [-0.2, -0.15) is 5.26 Å². The molecule has 1 aromatic carbocycles. The maximum Gasteiger partial charge on any atom is 0.352 e. The topological polar surface area (TPSA) is 82.4 Å². The van der Waals surface area contributed by atoms with E-state index in [0.29, 0.717) is 16.3 Å². The number of hydrogen-bond acceptors (Lipinski definition) is 6. The molecule has 136 valence electrons. The van der Waals surface area contributed by atoms with Gasteiger partial charge in [-0.3, -0.25) is 9.69 Å². The second-order valence-corrected chi connectivity index (χ2v) is 7.45. The third kappa shape index (κ3) is 2.78. The first-order chi connectivity index (χ1) is 13.2. The number of hydrogen-bond donors (Lipinski definition) is 1. The van der Waals surface area contributed by atoms with Gasteiger partial charge in [0.15, 0.2) is 5.57 Å². The molecule has 0 unspecified atom stereocenters. The molecule has 2 aliphatic rings. The molecule has 1 amide bonds. The second-order valence-electron chi connectivity index (χ2n) is 6.34. The lowest BCUT2D eigenvalue weighted by Crippen LogP contribution is -2.40. The second kappa shape index (κ2) is 6.89. The van der Waals surface area contributed by atoms with Crippen LogP contribution in [0.5, 0.6) is 0 Å². The third-order valence-corrected chi connectivity index (χ3v) is 6.00. The van der Waals surface area contributed by atoms with Crippen LogP contribution in [-0.4, -0.2) is 19.0 Å². The van der Waals surface area contributed by atoms with Gasteiger partial charge in [0.05, 0.1) is 18.4 Å². The average molecular weight is 379 g/mol. The van der Waals surface area contributed by atoms with Crippen molar-refractivity contribution >= 4 is 33.9 Å². The smallest absolute Gasteiger partial charge is 0.352 e. The van der Waals surface area contributed by atoms with Gasteiger partial charge in [0.25, 0.3) is 5.91 Å². The summed E-state index contributed by atoms with van der Waals surface area (Å²) in [4.78, 5) is 28.3. The lowest BCUT2D eigenvalue weighted by Gasteiger charge is -2.31. The summed E-state index contributed by atoms with van der Waals surface area (Å²) < 4.78 is 4.75. The number of esters is 1. The van der Waals surface area contributed by atoms with E-state index in [1.165, 1.54) is 28.2 Å². The summed E-state index contributed by atoms with van der Waals surface area (Å²) in [5.41, 5.74) is 2.11. The normalized spacial score (nSPS) is 17.3. The Labute approximate surface area is 160 Å². The number of ether oxygens (including phenoxy) is 1. The standard InChI is InChI=1S/C20H17N3O3S/c1-26-20(25)14(11-21)17-22-18-16(13-9-5-6-10-15(13)27-18)19(24)23(17)12-7-3-2-4-8-12/h2-4,7-8,22H,5-6,9-10H2,1H3/b17-14+. The Bertz CT molecular complexity index is 1000. The van der Waals surface area contributed by atoms with E-state index in [0.717, 1.165) is 31.2 Å². The number of para-hydroxylation sites is 1. The number of nitriles is 1. The highest BCUT2D eigenvalue weighted by Gasteiger charge is 2.38. The van der Waals surface area contributed by atoms with E-state index in [2.05, 4.69) is 5.32 Å². The Morgan fingerprint density at radius 3 is 2.70 bits per heavy atom. The SMILES string of the molecule is COC(=O)/C(C#N)=C1\Nc2sc3c(c2C(=O)N1c1ccccc1)CCCC3. The van der Waals surface area contributed by atoms with E-state index in [1.807, 2.05) is 24.3 Å². The molecule has 0 spiro atoms. The predicted octanol–water partition coefficient (Wildman–Crippen LogP) is 3.61. The van der Waals surface area contributed by atoms with Crippen molar-refractivity contribution in [2.45, 2.75) is 25.7 Å². The Morgan fingerprint density at radius 1 is 1.26 bits per heavy atom. The number of nitrogens with zero attached hydrogens (tertiary/aromatic N) is 2. The van der Waals surface area contributed by atoms with E-state index in [-0.39, 0.29) is 17.3 Å². The minimum atomic E-state index is -0.779. The number of anilines is 2. The molecular weight excluding hydrogens is 362 g/mol. The van der Waals surface area contributed by atoms with Crippen molar-refractivity contribution in [2.75, 3.05) is 17.3 Å². The van der Waals surface area contributed by atoms with Crippen LogP contribution in [-0.2, 0) is 22.4 Å². The molecule has 0 saturated heterocycles. The van der Waals surface area contributed by atoms with Crippen molar-refractivity contribution < 1.29 is 14.3 Å². The molecule has 0 bridgehead atoms. The van der Waals surface area contributed by atoms with Gasteiger partial charge < -0.3 is 10.1 Å². The summed E-state index contributed by atoms with van der Waals surface area (Å²) in [5, 5.41) is 13.4. The van der Waals surface area contributed by atoms with Crippen LogP contribution < -0.4 is 10.2 Å². The van der Waals surface area contributed by atoms with Gasteiger partial charge in [-0.15, -0.1) is 11.3 Å². The number of benzene rings is 1. The molecule has 1 aliphatic carbocycles. The molecule has 0 atom stereocenters. The average Bonchev–Trinajstić information content (AvgIpc) is 3.08. The summed E-state index contributed by atoms with van der Waals surface area (Å²) in [6.45, 7) is 0. The number of fused-ring (bicyclic) bond motifs is 3. The molecule has 1 N–H and O–H groups in total. The van der Waals surface area contributed by atoms with E-state index in [1.54, 1.807) is 12.1 Å². The number of carbonyl (C=O) groups is 2. The van der Waals surface area contributed by atoms with Crippen LogP contribution in [0.4, 0.5) is 10.7 Å². The number of nitrogens with one attached hydrogen (secondary N) is 1. The minimum absolute atomic E-state index is 0.145. The number of carbonyl (C=O) groups excluding carboxylic acids is 2. The molecule has 27 heavy (non-hydrogen) atoms. The van der Waals surface area contributed by atoms with Crippen LogP contribution in [0.15, 0.2) is 41.7 Å². The highest BCUT2D eigenvalue weighted by Crippen LogP contribution is 2.43. The number of thiophene rings is 1. The lowest BCUT2D eigenvalue weighted by atomic mass is 9.94. The van der Waals surface area contributed by atoms with Crippen LogP contribution in [0.1, 0.15) is 33.6 Å². The zero-order valence-electron chi connectivity index (χ0n) is 14.7. The van der Waals surface area contributed by atoms with Crippen molar-refractivity contribution in [3.05, 3.63) is 57.7 Å². The molecule has 7 heteroatoms. The zero-order chi connectivity index (χ0) is 19.0. The third-order valence-electron chi connectivity index (χ3n) is 4.80. The van der Waals surface area contributed by atoms with Crippen LogP contribution >= 0.6 is 11.3 Å². The van der Waals surface area contributed by atoms with Crippen molar-refractivity contribution in [3.8, 4) is 6.07 Å². The molecule has 0 saturated carbocycles. The van der Waals surface area contributed by atoms with E-state index in [9.17, 15) is 14.9 Å². The molecule has 2 aromatic rings. The Hall–Kier alpha value is -3.11. The fourth-order valence-corrected chi connectivity index (χ4v) is 4.83. The van der Waals surface area contributed by atoms with Gasteiger partial charge in [-0.1, -0.05) is 18.2 Å². The number of methoxy groups -OCH3 is 1. The highest BCUT2D eigenvalue weighted by molar-refractivity contribution is 7.16. The van der Waals surface area contributed by atoms with E-state index >= 15 is 0 Å². The van der Waals surface area contributed by atoms with Gasteiger partial charge in [0.1, 0.15) is 16.9 Å². The van der Waals surface area contributed by atoms with Gasteiger partial charge in [0, 0.05) is 4.88 Å². The van der Waals surface area contributed by atoms with Gasteiger partial charge >= 0.3 is 5.97 Å². The molecule has 4 rings (SSSR count). The van der Waals surface area contributed by atoms with Gasteiger partial charge in [0.2, 0.25) is 0 Å². The quantitative estimate of drug-likeness (QED) is 0.490. The summed E-state index contributed by atoms with van der Waals surface area (Å²) in [6.07, 6.45) is 3.99. The minimum Gasteiger partial charge on any atom is -0.465 e. The molecule has 2 heterocycles. The first kappa shape index (κ1) is 17.3. The predicted molar refractivity (Wildman–Crippen MR) is 102 cm³/mol. The number of amides is 1. The number of aryl methyl sites for hydroxylation is 1. The maximum absolute atomic E-state index is 13.5. The maximum atomic E-state index is 13.5. The Morgan fingerprint density at radius 2 is 2.00 bits per heavy atom. The highest BCUT2D eigenvalue weighted by atomic mass is 32.1. The van der Waals surface area contributed by atoms with Gasteiger partial charge in [-0.25, -0.2) is 4.79 Å². The summed E-state index contributed by atoms with van der Waals surface area (Å²) >= 11 is 1.54. The van der Waals surface area contributed by atoms with Crippen molar-refractivity contribution in [2.24, 2.45) is 0 Å². The van der Waals surface area contributed by atoms with Crippen molar-refractivity contribution in [3.63, 3.8) is 0 Å². The lowest BCUT2D eigenvalue weighted by molar-refractivity contribution is -0.135. The largest absolute Gasteiger partial charge is 0.465 e. The summed E-state index contributed by atoms with van der Waals surface area (Å²) in [6, 6.07) is 10.9. The zero-order valence-corrected chi connectivity index (χ0v) is 15.6. The number of rotatable bonds is 2. The van der Waals surface area contributed by atoms with Gasteiger partial charge in [-0.05, 0) is 43.4 Å². The van der Waals surface area contributed by atoms with Crippen LogP contribution in [0, 0.1) is 11.3 Å². The van der Waals surface area contributed by atoms with Crippen molar-refractivity contribution in [1.29, 1.82) is 5.26 Å². The first-order valence-corrected chi connectivity index (χ1v) is 9.51. The Balaban J connectivity index is 1.95.